The van der Waals surface area contributed by atoms with Crippen molar-refractivity contribution in [1.82, 2.24) is 18.8 Å². The third-order valence-corrected chi connectivity index (χ3v) is 7.23. The van der Waals surface area contributed by atoms with Gasteiger partial charge in [-0.3, -0.25) is 0 Å². The standard InChI is InChI=1S/C16H28N4O3S/c1-13-17-15(11-19(13)4)24(21,22)20-10-14(9-18(2)3)16(12-20)5-7-23-8-6-16/h11,14H,5-10,12H2,1-4H3. The number of aryl methyl sites for hydroxylation is 2. The molecule has 1 atom stereocenters. The Morgan fingerprint density at radius 2 is 2.04 bits per heavy atom. The molecule has 1 unspecified atom stereocenters. The summed E-state index contributed by atoms with van der Waals surface area (Å²) in [4.78, 5) is 6.40. The first-order valence-electron chi connectivity index (χ1n) is 8.47. The molecule has 3 rings (SSSR count). The molecule has 3 heterocycles. The van der Waals surface area contributed by atoms with Crippen molar-refractivity contribution >= 4 is 10.0 Å². The van der Waals surface area contributed by atoms with E-state index in [0.717, 1.165) is 32.6 Å². The van der Waals surface area contributed by atoms with Gasteiger partial charge in [0.05, 0.1) is 0 Å². The Balaban J connectivity index is 1.89. The van der Waals surface area contributed by atoms with E-state index >= 15 is 0 Å². The summed E-state index contributed by atoms with van der Waals surface area (Å²) in [5.41, 5.74) is 0.0272. The van der Waals surface area contributed by atoms with Gasteiger partial charge in [0.15, 0.2) is 5.03 Å². The lowest BCUT2D eigenvalue weighted by Gasteiger charge is -2.39. The first-order valence-corrected chi connectivity index (χ1v) is 9.91. The van der Waals surface area contributed by atoms with E-state index in [1.807, 2.05) is 28.1 Å². The number of hydrogen-bond donors (Lipinski definition) is 0. The van der Waals surface area contributed by atoms with Gasteiger partial charge in [0, 0.05) is 46.1 Å². The second-order valence-corrected chi connectivity index (χ2v) is 9.35. The molecular formula is C16H28N4O3S. The SMILES string of the molecule is Cc1nc(S(=O)(=O)N2CC(CN(C)C)C3(CCOCC3)C2)cn1C. The molecule has 1 spiro atoms. The van der Waals surface area contributed by atoms with E-state index in [1.54, 1.807) is 15.1 Å². The molecule has 1 aromatic rings. The van der Waals surface area contributed by atoms with Gasteiger partial charge in [-0.05, 0) is 45.2 Å². The van der Waals surface area contributed by atoms with Crippen LogP contribution in [0.25, 0.3) is 0 Å². The molecule has 0 amide bonds. The highest BCUT2D eigenvalue weighted by molar-refractivity contribution is 7.89. The molecule has 2 aliphatic rings. The Hall–Kier alpha value is -0.960. The maximum absolute atomic E-state index is 13.1. The zero-order valence-electron chi connectivity index (χ0n) is 15.0. The number of aromatic nitrogens is 2. The number of rotatable bonds is 4. The molecule has 2 fully saturated rings. The van der Waals surface area contributed by atoms with Crippen molar-refractivity contribution in [3.63, 3.8) is 0 Å². The highest BCUT2D eigenvalue weighted by Gasteiger charge is 2.50. The molecule has 0 radical (unpaired) electrons. The van der Waals surface area contributed by atoms with Crippen LogP contribution >= 0.6 is 0 Å². The molecule has 0 bridgehead atoms. The minimum absolute atomic E-state index is 0.0272. The van der Waals surface area contributed by atoms with Gasteiger partial charge in [0.2, 0.25) is 0 Å². The van der Waals surface area contributed by atoms with Crippen LogP contribution in [0.1, 0.15) is 18.7 Å². The fourth-order valence-corrected chi connectivity index (χ4v) is 5.59. The second kappa shape index (κ2) is 6.40. The molecule has 1 aromatic heterocycles. The molecule has 0 saturated carbocycles. The van der Waals surface area contributed by atoms with Crippen molar-refractivity contribution in [3.05, 3.63) is 12.0 Å². The molecule has 0 aromatic carbocycles. The summed E-state index contributed by atoms with van der Waals surface area (Å²) in [7, 11) is 2.37. The van der Waals surface area contributed by atoms with Crippen LogP contribution in [0.5, 0.6) is 0 Å². The Morgan fingerprint density at radius 3 is 2.58 bits per heavy atom. The lowest BCUT2D eigenvalue weighted by Crippen LogP contribution is -2.40. The van der Waals surface area contributed by atoms with Gasteiger partial charge >= 0.3 is 0 Å². The third kappa shape index (κ3) is 3.12. The highest BCUT2D eigenvalue weighted by Crippen LogP contribution is 2.45. The lowest BCUT2D eigenvalue weighted by molar-refractivity contribution is -0.00333. The molecule has 2 aliphatic heterocycles. The molecule has 7 nitrogen and oxygen atoms in total. The van der Waals surface area contributed by atoms with Crippen LogP contribution < -0.4 is 0 Å². The van der Waals surface area contributed by atoms with E-state index in [0.29, 0.717) is 24.8 Å². The van der Waals surface area contributed by atoms with E-state index in [9.17, 15) is 8.42 Å². The van der Waals surface area contributed by atoms with Crippen LogP contribution in [0, 0.1) is 18.3 Å². The lowest BCUT2D eigenvalue weighted by atomic mass is 9.72. The van der Waals surface area contributed by atoms with Crippen LogP contribution in [0.4, 0.5) is 0 Å². The molecule has 0 N–H and O–H groups in total. The minimum atomic E-state index is -3.54. The summed E-state index contributed by atoms with van der Waals surface area (Å²) in [6.45, 7) is 5.30. The average molecular weight is 356 g/mol. The molecule has 0 aliphatic carbocycles. The molecule has 24 heavy (non-hydrogen) atoms. The third-order valence-electron chi connectivity index (χ3n) is 5.55. The quantitative estimate of drug-likeness (QED) is 0.795. The zero-order chi connectivity index (χ0) is 17.5. The minimum Gasteiger partial charge on any atom is -0.381 e. The van der Waals surface area contributed by atoms with E-state index in [4.69, 9.17) is 4.74 Å². The first-order chi connectivity index (χ1) is 11.2. The Labute approximate surface area is 144 Å². The number of imidazole rings is 1. The topological polar surface area (TPSA) is 67.7 Å². The van der Waals surface area contributed by atoms with Gasteiger partial charge in [-0.25, -0.2) is 13.4 Å². The molecular weight excluding hydrogens is 328 g/mol. The van der Waals surface area contributed by atoms with Crippen LogP contribution in [-0.2, 0) is 21.8 Å². The summed E-state index contributed by atoms with van der Waals surface area (Å²) in [6, 6.07) is 0. The summed E-state index contributed by atoms with van der Waals surface area (Å²) >= 11 is 0. The molecule has 8 heteroatoms. The van der Waals surface area contributed by atoms with Gasteiger partial charge in [-0.1, -0.05) is 0 Å². The number of sulfonamides is 1. The highest BCUT2D eigenvalue weighted by atomic mass is 32.2. The predicted molar refractivity (Wildman–Crippen MR) is 91.2 cm³/mol. The first kappa shape index (κ1) is 17.8. The van der Waals surface area contributed by atoms with Gasteiger partial charge in [0.25, 0.3) is 10.0 Å². The summed E-state index contributed by atoms with van der Waals surface area (Å²) in [6.07, 6.45) is 3.47. The number of nitrogens with zero attached hydrogens (tertiary/aromatic N) is 4. The van der Waals surface area contributed by atoms with Crippen molar-refractivity contribution < 1.29 is 13.2 Å². The maximum atomic E-state index is 13.1. The average Bonchev–Trinajstić information content (AvgIpc) is 3.02. The number of hydrogen-bond acceptors (Lipinski definition) is 5. The van der Waals surface area contributed by atoms with Gasteiger partial charge in [0.1, 0.15) is 5.82 Å². The monoisotopic (exact) mass is 356 g/mol. The fourth-order valence-electron chi connectivity index (χ4n) is 3.99. The van der Waals surface area contributed by atoms with Crippen molar-refractivity contribution in [3.8, 4) is 0 Å². The maximum Gasteiger partial charge on any atom is 0.262 e. The Kier molecular flexibility index (Phi) is 4.76. The molecule has 136 valence electrons. The van der Waals surface area contributed by atoms with E-state index in [-0.39, 0.29) is 10.4 Å². The Bertz CT molecular complexity index is 673. The smallest absolute Gasteiger partial charge is 0.262 e. The van der Waals surface area contributed by atoms with Crippen LogP contribution in [0.3, 0.4) is 0 Å². The van der Waals surface area contributed by atoms with Crippen LogP contribution in [0.2, 0.25) is 0 Å². The van der Waals surface area contributed by atoms with Crippen molar-refractivity contribution in [2.24, 2.45) is 18.4 Å². The normalized spacial score (nSPS) is 25.0. The van der Waals surface area contributed by atoms with Gasteiger partial charge in [-0.2, -0.15) is 4.31 Å². The predicted octanol–water partition coefficient (Wildman–Crippen LogP) is 0.707. The summed E-state index contributed by atoms with van der Waals surface area (Å²) < 4.78 is 35.1. The van der Waals surface area contributed by atoms with Crippen LogP contribution in [-0.4, -0.2) is 74.1 Å². The Morgan fingerprint density at radius 1 is 1.38 bits per heavy atom. The van der Waals surface area contributed by atoms with Crippen molar-refractivity contribution in [2.75, 3.05) is 46.9 Å². The van der Waals surface area contributed by atoms with E-state index < -0.39 is 10.0 Å². The van der Waals surface area contributed by atoms with Gasteiger partial charge in [-0.15, -0.1) is 0 Å². The molecule has 2 saturated heterocycles. The summed E-state index contributed by atoms with van der Waals surface area (Å²) in [5, 5.41) is 0.162. The van der Waals surface area contributed by atoms with Crippen molar-refractivity contribution in [1.29, 1.82) is 0 Å². The second-order valence-electron chi connectivity index (χ2n) is 7.47. The van der Waals surface area contributed by atoms with Gasteiger partial charge < -0.3 is 14.2 Å². The summed E-state index contributed by atoms with van der Waals surface area (Å²) in [5.74, 6) is 1.04. The van der Waals surface area contributed by atoms with Crippen LogP contribution in [0.15, 0.2) is 11.2 Å². The van der Waals surface area contributed by atoms with Crippen molar-refractivity contribution in [2.45, 2.75) is 24.8 Å². The fraction of sp³-hybridized carbons (Fsp3) is 0.812. The van der Waals surface area contributed by atoms with E-state index in [2.05, 4.69) is 9.88 Å². The largest absolute Gasteiger partial charge is 0.381 e. The zero-order valence-corrected chi connectivity index (χ0v) is 15.8. The number of ether oxygens (including phenoxy) is 1. The van der Waals surface area contributed by atoms with E-state index in [1.165, 1.54) is 0 Å².